The SMILES string of the molecule is CCCC1(c2ccc(O)cc2)CCc2ccc(O)cc21. The highest BCUT2D eigenvalue weighted by Crippen LogP contribution is 2.48. The van der Waals surface area contributed by atoms with Crippen molar-refractivity contribution in [3.63, 3.8) is 0 Å². The number of hydrogen-bond donors (Lipinski definition) is 2. The Hall–Kier alpha value is -1.96. The molecule has 2 heteroatoms. The predicted molar refractivity (Wildman–Crippen MR) is 80.2 cm³/mol. The maximum Gasteiger partial charge on any atom is 0.115 e. The van der Waals surface area contributed by atoms with Gasteiger partial charge in [0.1, 0.15) is 11.5 Å². The van der Waals surface area contributed by atoms with Gasteiger partial charge in [-0.1, -0.05) is 31.5 Å². The number of fused-ring (bicyclic) bond motifs is 1. The fourth-order valence-corrected chi connectivity index (χ4v) is 3.62. The smallest absolute Gasteiger partial charge is 0.115 e. The molecule has 2 aromatic rings. The Bertz CT molecular complexity index is 612. The molecule has 0 radical (unpaired) electrons. The molecule has 0 amide bonds. The fourth-order valence-electron chi connectivity index (χ4n) is 3.62. The molecule has 3 rings (SSSR count). The monoisotopic (exact) mass is 268 g/mol. The van der Waals surface area contributed by atoms with Crippen molar-refractivity contribution in [3.05, 3.63) is 59.2 Å². The summed E-state index contributed by atoms with van der Waals surface area (Å²) in [6, 6.07) is 13.3. The summed E-state index contributed by atoms with van der Waals surface area (Å²) in [4.78, 5) is 0. The van der Waals surface area contributed by atoms with E-state index in [4.69, 9.17) is 0 Å². The molecule has 2 nitrogen and oxygen atoms in total. The first kappa shape index (κ1) is 13.0. The summed E-state index contributed by atoms with van der Waals surface area (Å²) in [5.41, 5.74) is 3.81. The lowest BCUT2D eigenvalue weighted by Crippen LogP contribution is -2.24. The van der Waals surface area contributed by atoms with Crippen LogP contribution in [0.3, 0.4) is 0 Å². The predicted octanol–water partition coefficient (Wildman–Crippen LogP) is 4.13. The molecule has 0 aliphatic heterocycles. The summed E-state index contributed by atoms with van der Waals surface area (Å²) in [5, 5.41) is 19.4. The number of aryl methyl sites for hydroxylation is 1. The summed E-state index contributed by atoms with van der Waals surface area (Å²) in [5.74, 6) is 0.638. The van der Waals surface area contributed by atoms with Crippen molar-refractivity contribution in [1.82, 2.24) is 0 Å². The Morgan fingerprint density at radius 3 is 2.40 bits per heavy atom. The first-order chi connectivity index (χ1) is 9.65. The highest BCUT2D eigenvalue weighted by atomic mass is 16.3. The average molecular weight is 268 g/mol. The van der Waals surface area contributed by atoms with Crippen LogP contribution < -0.4 is 0 Å². The van der Waals surface area contributed by atoms with Gasteiger partial charge in [0.15, 0.2) is 0 Å². The van der Waals surface area contributed by atoms with E-state index in [1.807, 2.05) is 24.3 Å². The van der Waals surface area contributed by atoms with Crippen LogP contribution in [-0.2, 0) is 11.8 Å². The second-order valence-corrected chi connectivity index (χ2v) is 5.72. The van der Waals surface area contributed by atoms with E-state index in [-0.39, 0.29) is 5.41 Å². The third-order valence-electron chi connectivity index (χ3n) is 4.53. The molecule has 0 saturated heterocycles. The number of phenols is 2. The molecule has 0 saturated carbocycles. The standard InChI is InChI=1S/C18H20O2/c1-2-10-18(14-4-7-15(19)8-5-14)11-9-13-3-6-16(20)12-17(13)18/h3-8,12,19-20H,2,9-11H2,1H3. The highest BCUT2D eigenvalue weighted by Gasteiger charge is 2.39. The second kappa shape index (κ2) is 4.86. The van der Waals surface area contributed by atoms with Gasteiger partial charge in [-0.2, -0.15) is 0 Å². The largest absolute Gasteiger partial charge is 0.508 e. The van der Waals surface area contributed by atoms with Gasteiger partial charge in [0.25, 0.3) is 0 Å². The Kier molecular flexibility index (Phi) is 3.17. The topological polar surface area (TPSA) is 40.5 Å². The van der Waals surface area contributed by atoms with Crippen LogP contribution in [0, 0.1) is 0 Å². The van der Waals surface area contributed by atoms with E-state index in [9.17, 15) is 10.2 Å². The highest BCUT2D eigenvalue weighted by molar-refractivity contribution is 5.51. The third kappa shape index (κ3) is 1.96. The maximum atomic E-state index is 9.85. The van der Waals surface area contributed by atoms with Crippen LogP contribution in [0.4, 0.5) is 0 Å². The molecule has 1 atom stereocenters. The minimum atomic E-state index is -0.0173. The molecule has 1 aliphatic rings. The van der Waals surface area contributed by atoms with Crippen LogP contribution in [0.2, 0.25) is 0 Å². The summed E-state index contributed by atoms with van der Waals surface area (Å²) in [6.07, 6.45) is 4.28. The molecule has 0 bridgehead atoms. The molecular formula is C18H20O2. The zero-order valence-electron chi connectivity index (χ0n) is 11.8. The fraction of sp³-hybridized carbons (Fsp3) is 0.333. The number of phenolic OH excluding ortho intramolecular Hbond substituents is 2. The van der Waals surface area contributed by atoms with E-state index in [1.54, 1.807) is 18.2 Å². The summed E-state index contributed by atoms with van der Waals surface area (Å²) < 4.78 is 0. The molecule has 0 spiro atoms. The zero-order chi connectivity index (χ0) is 14.2. The molecular weight excluding hydrogens is 248 g/mol. The second-order valence-electron chi connectivity index (χ2n) is 5.72. The van der Waals surface area contributed by atoms with Gasteiger partial charge in [-0.3, -0.25) is 0 Å². The molecule has 104 valence electrons. The van der Waals surface area contributed by atoms with Gasteiger partial charge in [-0.15, -0.1) is 0 Å². The molecule has 0 heterocycles. The van der Waals surface area contributed by atoms with E-state index in [0.717, 1.165) is 25.7 Å². The number of benzene rings is 2. The number of rotatable bonds is 3. The van der Waals surface area contributed by atoms with E-state index in [1.165, 1.54) is 16.7 Å². The first-order valence-electron chi connectivity index (χ1n) is 7.27. The molecule has 2 N–H and O–H groups in total. The molecule has 0 fully saturated rings. The van der Waals surface area contributed by atoms with Crippen molar-refractivity contribution in [2.75, 3.05) is 0 Å². The van der Waals surface area contributed by atoms with Gasteiger partial charge in [-0.25, -0.2) is 0 Å². The van der Waals surface area contributed by atoms with Crippen molar-refractivity contribution in [3.8, 4) is 11.5 Å². The van der Waals surface area contributed by atoms with E-state index in [2.05, 4.69) is 6.92 Å². The first-order valence-corrected chi connectivity index (χ1v) is 7.27. The van der Waals surface area contributed by atoms with E-state index in [0.29, 0.717) is 11.5 Å². The Morgan fingerprint density at radius 2 is 1.70 bits per heavy atom. The van der Waals surface area contributed by atoms with Crippen LogP contribution in [0.15, 0.2) is 42.5 Å². The molecule has 1 unspecified atom stereocenters. The van der Waals surface area contributed by atoms with Crippen LogP contribution in [0.5, 0.6) is 11.5 Å². The maximum absolute atomic E-state index is 9.85. The Morgan fingerprint density at radius 1 is 1.00 bits per heavy atom. The van der Waals surface area contributed by atoms with Crippen molar-refractivity contribution >= 4 is 0 Å². The lowest BCUT2D eigenvalue weighted by Gasteiger charge is -2.31. The summed E-state index contributed by atoms with van der Waals surface area (Å²) in [7, 11) is 0. The lowest BCUT2D eigenvalue weighted by molar-refractivity contribution is 0.449. The van der Waals surface area contributed by atoms with Crippen LogP contribution in [0.25, 0.3) is 0 Å². The van der Waals surface area contributed by atoms with Crippen LogP contribution in [-0.4, -0.2) is 10.2 Å². The van der Waals surface area contributed by atoms with Gasteiger partial charge in [0.2, 0.25) is 0 Å². The molecule has 20 heavy (non-hydrogen) atoms. The number of hydrogen-bond acceptors (Lipinski definition) is 2. The van der Waals surface area contributed by atoms with Gasteiger partial charge in [0, 0.05) is 5.41 Å². The van der Waals surface area contributed by atoms with Crippen molar-refractivity contribution in [1.29, 1.82) is 0 Å². The minimum Gasteiger partial charge on any atom is -0.508 e. The Labute approximate surface area is 119 Å². The van der Waals surface area contributed by atoms with Gasteiger partial charge in [-0.05, 0) is 60.2 Å². The van der Waals surface area contributed by atoms with Crippen molar-refractivity contribution in [2.24, 2.45) is 0 Å². The normalized spacial score (nSPS) is 20.9. The van der Waals surface area contributed by atoms with Gasteiger partial charge < -0.3 is 10.2 Å². The molecule has 0 aromatic heterocycles. The zero-order valence-corrected chi connectivity index (χ0v) is 11.8. The van der Waals surface area contributed by atoms with Crippen LogP contribution in [0.1, 0.15) is 42.9 Å². The number of aromatic hydroxyl groups is 2. The third-order valence-corrected chi connectivity index (χ3v) is 4.53. The summed E-state index contributed by atoms with van der Waals surface area (Å²) in [6.45, 7) is 2.20. The van der Waals surface area contributed by atoms with Crippen molar-refractivity contribution in [2.45, 2.75) is 38.0 Å². The molecule has 2 aromatic carbocycles. The van der Waals surface area contributed by atoms with Gasteiger partial charge in [0.05, 0.1) is 0 Å². The lowest BCUT2D eigenvalue weighted by atomic mass is 9.72. The average Bonchev–Trinajstić information content (AvgIpc) is 2.79. The van der Waals surface area contributed by atoms with Crippen molar-refractivity contribution < 1.29 is 10.2 Å². The Balaban J connectivity index is 2.16. The minimum absolute atomic E-state index is 0.0173. The van der Waals surface area contributed by atoms with E-state index >= 15 is 0 Å². The summed E-state index contributed by atoms with van der Waals surface area (Å²) >= 11 is 0. The molecule has 1 aliphatic carbocycles. The quantitative estimate of drug-likeness (QED) is 0.878. The van der Waals surface area contributed by atoms with E-state index < -0.39 is 0 Å². The van der Waals surface area contributed by atoms with Gasteiger partial charge >= 0.3 is 0 Å². The van der Waals surface area contributed by atoms with Crippen LogP contribution >= 0.6 is 0 Å².